The Kier molecular flexibility index (Phi) is 7.88. The fourth-order valence-corrected chi connectivity index (χ4v) is 1.82. The number of nitrogens with zero attached hydrogens (tertiary/aromatic N) is 3. The zero-order chi connectivity index (χ0) is 14.2. The lowest BCUT2D eigenvalue weighted by atomic mass is 10.3. The molecule has 0 aromatic carbocycles. The van der Waals surface area contributed by atoms with Gasteiger partial charge in [-0.15, -0.1) is 24.0 Å². The third-order valence-corrected chi connectivity index (χ3v) is 2.95. The van der Waals surface area contributed by atoms with Gasteiger partial charge in [-0.05, 0) is 18.6 Å². The van der Waals surface area contributed by atoms with Gasteiger partial charge < -0.3 is 19.7 Å². The van der Waals surface area contributed by atoms with Crippen molar-refractivity contribution in [3.05, 3.63) is 42.0 Å². The highest BCUT2D eigenvalue weighted by Crippen LogP contribution is 2.03. The van der Waals surface area contributed by atoms with Crippen molar-refractivity contribution in [2.24, 2.45) is 4.99 Å². The van der Waals surface area contributed by atoms with Crippen LogP contribution in [0.3, 0.4) is 0 Å². The van der Waals surface area contributed by atoms with E-state index in [1.54, 1.807) is 7.05 Å². The number of aryl methyl sites for hydroxylation is 1. The molecule has 0 spiro atoms. The van der Waals surface area contributed by atoms with E-state index in [2.05, 4.69) is 32.3 Å². The lowest BCUT2D eigenvalue weighted by Gasteiger charge is -2.11. The normalized spacial score (nSPS) is 11.0. The number of rotatable bonds is 6. The molecule has 0 radical (unpaired) electrons. The first-order chi connectivity index (χ1) is 9.81. The summed E-state index contributed by atoms with van der Waals surface area (Å²) in [7, 11) is 1.75. The topological polar surface area (TPSA) is 67.4 Å². The van der Waals surface area contributed by atoms with E-state index in [4.69, 9.17) is 4.52 Å². The molecule has 0 unspecified atom stereocenters. The predicted octanol–water partition coefficient (Wildman–Crippen LogP) is 2.02. The summed E-state index contributed by atoms with van der Waals surface area (Å²) in [5.74, 6) is 1.57. The quantitative estimate of drug-likeness (QED) is 0.440. The minimum absolute atomic E-state index is 0. The molecular formula is C14H22IN5O. The second kappa shape index (κ2) is 9.43. The highest BCUT2D eigenvalue weighted by atomic mass is 127. The molecule has 0 aliphatic carbocycles. The van der Waals surface area contributed by atoms with Crippen LogP contribution in [0, 0.1) is 0 Å². The molecule has 0 saturated heterocycles. The second-order valence-electron chi connectivity index (χ2n) is 4.41. The Morgan fingerprint density at radius 2 is 2.10 bits per heavy atom. The van der Waals surface area contributed by atoms with Gasteiger partial charge >= 0.3 is 0 Å². The van der Waals surface area contributed by atoms with E-state index in [0.717, 1.165) is 36.9 Å². The Morgan fingerprint density at radius 1 is 1.33 bits per heavy atom. The molecule has 0 atom stereocenters. The Labute approximate surface area is 142 Å². The highest BCUT2D eigenvalue weighted by Gasteiger charge is 2.03. The number of guanidine groups is 1. The summed E-state index contributed by atoms with van der Waals surface area (Å²) in [4.78, 5) is 4.17. The highest BCUT2D eigenvalue weighted by molar-refractivity contribution is 14.0. The van der Waals surface area contributed by atoms with Gasteiger partial charge in [-0.3, -0.25) is 4.99 Å². The molecule has 0 amide bonds. The average Bonchev–Trinajstić information content (AvgIpc) is 3.13. The Balaban J connectivity index is 0.00000220. The maximum absolute atomic E-state index is 5.21. The zero-order valence-electron chi connectivity index (χ0n) is 12.4. The van der Waals surface area contributed by atoms with Gasteiger partial charge in [0.1, 0.15) is 0 Å². The number of hydrogen-bond acceptors (Lipinski definition) is 3. The van der Waals surface area contributed by atoms with Crippen molar-refractivity contribution >= 4 is 29.9 Å². The van der Waals surface area contributed by atoms with Gasteiger partial charge in [0, 0.05) is 38.6 Å². The maximum Gasteiger partial charge on any atom is 0.191 e. The van der Waals surface area contributed by atoms with Crippen molar-refractivity contribution in [2.45, 2.75) is 26.4 Å². The summed E-state index contributed by atoms with van der Waals surface area (Å²) in [5.41, 5.74) is 0.970. The van der Waals surface area contributed by atoms with Crippen LogP contribution in [0.25, 0.3) is 0 Å². The molecule has 2 aromatic heterocycles. The van der Waals surface area contributed by atoms with Crippen molar-refractivity contribution in [1.82, 2.24) is 20.4 Å². The van der Waals surface area contributed by atoms with Gasteiger partial charge in [0.15, 0.2) is 11.7 Å². The van der Waals surface area contributed by atoms with Crippen molar-refractivity contribution in [3.8, 4) is 0 Å². The van der Waals surface area contributed by atoms with Crippen molar-refractivity contribution in [3.63, 3.8) is 0 Å². The average molecular weight is 403 g/mol. The molecule has 0 saturated carbocycles. The molecule has 6 nitrogen and oxygen atoms in total. The van der Waals surface area contributed by atoms with Crippen LogP contribution in [0.1, 0.15) is 18.4 Å². The van der Waals surface area contributed by atoms with E-state index in [9.17, 15) is 0 Å². The van der Waals surface area contributed by atoms with E-state index >= 15 is 0 Å². The minimum Gasteiger partial charge on any atom is -0.359 e. The van der Waals surface area contributed by atoms with Gasteiger partial charge in [-0.2, -0.15) is 0 Å². The third kappa shape index (κ3) is 5.78. The van der Waals surface area contributed by atoms with Crippen molar-refractivity contribution in [1.29, 1.82) is 0 Å². The number of nitrogens with one attached hydrogen (secondary N) is 2. The van der Waals surface area contributed by atoms with E-state index in [-0.39, 0.29) is 24.0 Å². The molecule has 0 aliphatic rings. The van der Waals surface area contributed by atoms with Crippen LogP contribution < -0.4 is 10.6 Å². The summed E-state index contributed by atoms with van der Waals surface area (Å²) in [6, 6.07) is 5.99. The number of aliphatic imine (C=N–C) groups is 1. The molecule has 2 rings (SSSR count). The Hall–Kier alpha value is -1.51. The van der Waals surface area contributed by atoms with Gasteiger partial charge in [0.05, 0.1) is 12.2 Å². The smallest absolute Gasteiger partial charge is 0.191 e. The summed E-state index contributed by atoms with van der Waals surface area (Å²) < 4.78 is 7.33. The maximum atomic E-state index is 5.21. The van der Waals surface area contributed by atoms with Crippen molar-refractivity contribution in [2.75, 3.05) is 13.6 Å². The molecule has 21 heavy (non-hydrogen) atoms. The van der Waals surface area contributed by atoms with Crippen LogP contribution in [0.2, 0.25) is 0 Å². The van der Waals surface area contributed by atoms with E-state index in [1.807, 2.05) is 30.6 Å². The molecule has 7 heteroatoms. The number of aromatic nitrogens is 2. The molecule has 2 aromatic rings. The lowest BCUT2D eigenvalue weighted by Crippen LogP contribution is -2.38. The summed E-state index contributed by atoms with van der Waals surface area (Å²) >= 11 is 0. The van der Waals surface area contributed by atoms with Gasteiger partial charge in [-0.25, -0.2) is 0 Å². The zero-order valence-corrected chi connectivity index (χ0v) is 14.7. The second-order valence-corrected chi connectivity index (χ2v) is 4.41. The molecule has 2 N–H and O–H groups in total. The van der Waals surface area contributed by atoms with E-state index in [1.165, 1.54) is 0 Å². The van der Waals surface area contributed by atoms with Gasteiger partial charge in [-0.1, -0.05) is 12.1 Å². The molecule has 0 fully saturated rings. The van der Waals surface area contributed by atoms with Crippen LogP contribution >= 0.6 is 24.0 Å². The third-order valence-electron chi connectivity index (χ3n) is 2.95. The van der Waals surface area contributed by atoms with Crippen molar-refractivity contribution < 1.29 is 4.52 Å². The van der Waals surface area contributed by atoms with E-state index < -0.39 is 0 Å². The number of hydrogen-bond donors (Lipinski definition) is 2. The molecule has 2 heterocycles. The first-order valence-electron chi connectivity index (χ1n) is 6.81. The lowest BCUT2D eigenvalue weighted by molar-refractivity contribution is 0.374. The van der Waals surface area contributed by atoms with E-state index in [0.29, 0.717) is 6.54 Å². The van der Waals surface area contributed by atoms with Crippen LogP contribution in [0.5, 0.6) is 0 Å². The summed E-state index contributed by atoms with van der Waals surface area (Å²) in [6.45, 7) is 4.34. The first-order valence-corrected chi connectivity index (χ1v) is 6.81. The van der Waals surface area contributed by atoms with Gasteiger partial charge in [0.2, 0.25) is 0 Å². The van der Waals surface area contributed by atoms with Crippen LogP contribution in [0.4, 0.5) is 0 Å². The molecule has 116 valence electrons. The number of halogens is 1. The standard InChI is InChI=1S/C14H21N5O.HI/c1-3-12-10-13(20-18-12)11-17-14(15-2)16-6-9-19-7-4-5-8-19;/h4-5,7-8,10H,3,6,9,11H2,1-2H3,(H2,15,16,17);1H. The molecule has 0 aliphatic heterocycles. The van der Waals surface area contributed by atoms with Crippen LogP contribution in [-0.4, -0.2) is 29.3 Å². The summed E-state index contributed by atoms with van der Waals surface area (Å²) in [6.07, 6.45) is 4.96. The minimum atomic E-state index is 0. The molecule has 0 bridgehead atoms. The first kappa shape index (κ1) is 17.5. The van der Waals surface area contributed by atoms with Crippen LogP contribution in [0.15, 0.2) is 40.1 Å². The predicted molar refractivity (Wildman–Crippen MR) is 93.9 cm³/mol. The largest absolute Gasteiger partial charge is 0.359 e. The SMILES string of the molecule is CCc1cc(CNC(=NC)NCCn2cccc2)on1.I. The fourth-order valence-electron chi connectivity index (χ4n) is 1.82. The summed E-state index contributed by atoms with van der Waals surface area (Å²) in [5, 5.41) is 10.4. The Bertz CT molecular complexity index is 535. The monoisotopic (exact) mass is 403 g/mol. The van der Waals surface area contributed by atoms with Crippen LogP contribution in [-0.2, 0) is 19.5 Å². The fraction of sp³-hybridized carbons (Fsp3) is 0.429. The Morgan fingerprint density at radius 3 is 2.71 bits per heavy atom. The molecular weight excluding hydrogens is 381 g/mol. The van der Waals surface area contributed by atoms with Gasteiger partial charge in [0.25, 0.3) is 0 Å².